The molecule has 0 aliphatic carbocycles. The highest BCUT2D eigenvalue weighted by molar-refractivity contribution is 7.22. The molecule has 106 heavy (non-hydrogen) atoms. The summed E-state index contributed by atoms with van der Waals surface area (Å²) in [6.45, 7) is 0. The molecule has 0 aliphatic rings. The second kappa shape index (κ2) is 25.0. The van der Waals surface area contributed by atoms with Crippen molar-refractivity contribution in [2.24, 2.45) is 0 Å². The molecule has 0 spiro atoms. The Bertz CT molecular complexity index is 7050. The summed E-state index contributed by atoms with van der Waals surface area (Å²) in [6.07, 6.45) is 0. The molecule has 0 saturated carbocycles. The Morgan fingerprint density at radius 2 is 0.575 bits per heavy atom. The fraction of sp³-hybridized carbons (Fsp3) is 0. The van der Waals surface area contributed by atoms with Crippen LogP contribution < -0.4 is 0 Å². The first-order valence-electron chi connectivity index (χ1n) is 35.0. The molecular weight excluding hydrogens is 1340 g/mol. The second-order valence-corrected chi connectivity index (χ2v) is 28.1. The highest BCUT2D eigenvalue weighted by Crippen LogP contribution is 2.45. The van der Waals surface area contributed by atoms with Gasteiger partial charge in [0, 0.05) is 76.6 Å². The van der Waals surface area contributed by atoms with Gasteiger partial charge in [0.25, 0.3) is 0 Å². The third-order valence-corrected chi connectivity index (χ3v) is 22.0. The predicted molar refractivity (Wildman–Crippen MR) is 433 cm³/mol. The molecule has 496 valence electrons. The van der Waals surface area contributed by atoms with Gasteiger partial charge in [-0.1, -0.05) is 231 Å². The molecule has 0 atom stereocenters. The maximum atomic E-state index is 6.67. The number of rotatable bonds is 10. The molecule has 0 N–H and O–H groups in total. The van der Waals surface area contributed by atoms with Gasteiger partial charge < -0.3 is 13.4 Å². The SMILES string of the molecule is c1ccc(-c2ccc(-c3nc(-c4cccc5oc6c(-c7nc8ccccc8s7)cccc6c45)nc(-n4c5ccccc5c5ccccc54)n3)cc2)cc1.c1ccc(-c2nc(-c3ccc(-n4c5ccccc5c5ccccc54)cc3)nc(-c3cccc4oc5c(-c6nc7ccccc7s6)cccc5c34)n2)cc1. The molecule has 8 aromatic heterocycles. The lowest BCUT2D eigenvalue weighted by molar-refractivity contribution is 0.669. The van der Waals surface area contributed by atoms with Gasteiger partial charge in [0.1, 0.15) is 32.3 Å². The van der Waals surface area contributed by atoms with Gasteiger partial charge in [-0.3, -0.25) is 4.57 Å². The quantitative estimate of drug-likeness (QED) is 0.130. The van der Waals surface area contributed by atoms with Gasteiger partial charge in [-0.25, -0.2) is 29.9 Å². The van der Waals surface area contributed by atoms with Crippen molar-refractivity contribution in [3.8, 4) is 101 Å². The lowest BCUT2D eigenvalue weighted by Gasteiger charge is -2.12. The summed E-state index contributed by atoms with van der Waals surface area (Å²) in [6, 6.07) is 113. The van der Waals surface area contributed by atoms with E-state index in [0.717, 1.165) is 152 Å². The Balaban J connectivity index is 0.000000136. The average Bonchev–Trinajstić information content (AvgIpc) is 1.77. The maximum Gasteiger partial charge on any atom is 0.238 e. The Morgan fingerprint density at radius 3 is 1.07 bits per heavy atom. The van der Waals surface area contributed by atoms with E-state index in [0.29, 0.717) is 35.1 Å². The van der Waals surface area contributed by atoms with Crippen molar-refractivity contribution in [1.82, 2.24) is 49.0 Å². The Morgan fingerprint density at radius 1 is 0.236 bits per heavy atom. The van der Waals surface area contributed by atoms with Crippen LogP contribution in [-0.4, -0.2) is 49.0 Å². The smallest absolute Gasteiger partial charge is 0.238 e. The van der Waals surface area contributed by atoms with Crippen molar-refractivity contribution in [3.63, 3.8) is 0 Å². The zero-order valence-corrected chi connectivity index (χ0v) is 57.9. The summed E-state index contributed by atoms with van der Waals surface area (Å²) < 4.78 is 20.1. The molecule has 14 aromatic carbocycles. The summed E-state index contributed by atoms with van der Waals surface area (Å²) in [7, 11) is 0. The number of benzene rings is 14. The summed E-state index contributed by atoms with van der Waals surface area (Å²) in [4.78, 5) is 40.9. The molecule has 0 amide bonds. The van der Waals surface area contributed by atoms with E-state index in [1.165, 1.54) is 21.8 Å². The van der Waals surface area contributed by atoms with E-state index in [-0.39, 0.29) is 0 Å². The summed E-state index contributed by atoms with van der Waals surface area (Å²) >= 11 is 3.34. The van der Waals surface area contributed by atoms with Gasteiger partial charge in [0.15, 0.2) is 29.1 Å². The number of hydrogen-bond donors (Lipinski definition) is 0. The van der Waals surface area contributed by atoms with Crippen LogP contribution in [0.4, 0.5) is 0 Å². The lowest BCUT2D eigenvalue weighted by Crippen LogP contribution is -2.06. The fourth-order valence-electron chi connectivity index (χ4n) is 15.0. The monoisotopic (exact) mass is 1390 g/mol. The van der Waals surface area contributed by atoms with E-state index in [2.05, 4.69) is 246 Å². The van der Waals surface area contributed by atoms with Crippen LogP contribution in [0, 0.1) is 0 Å². The molecule has 0 saturated heterocycles. The normalized spacial score (nSPS) is 11.8. The van der Waals surface area contributed by atoms with Gasteiger partial charge in [-0.05, 0) is 108 Å². The van der Waals surface area contributed by atoms with Crippen LogP contribution in [0.25, 0.3) is 209 Å². The first-order valence-corrected chi connectivity index (χ1v) is 36.6. The summed E-state index contributed by atoms with van der Waals surface area (Å²) in [5, 5.41) is 10.5. The van der Waals surface area contributed by atoms with Crippen LogP contribution >= 0.6 is 22.7 Å². The van der Waals surface area contributed by atoms with Crippen molar-refractivity contribution >= 4 is 131 Å². The molecule has 0 aliphatic heterocycles. The molecule has 0 unspecified atom stereocenters. The highest BCUT2D eigenvalue weighted by Gasteiger charge is 2.25. The molecule has 0 fully saturated rings. The van der Waals surface area contributed by atoms with Gasteiger partial charge >= 0.3 is 0 Å². The third kappa shape index (κ3) is 10.2. The van der Waals surface area contributed by atoms with Crippen LogP contribution in [0.5, 0.6) is 0 Å². The number of nitrogens with zero attached hydrogens (tertiary/aromatic N) is 10. The van der Waals surface area contributed by atoms with Crippen LogP contribution in [0.15, 0.2) is 336 Å². The molecular formula is C92H54N10O2S2. The molecule has 0 bridgehead atoms. The number of aromatic nitrogens is 10. The topological polar surface area (TPSA) is 139 Å². The van der Waals surface area contributed by atoms with E-state index in [1.54, 1.807) is 22.7 Å². The molecule has 22 rings (SSSR count). The van der Waals surface area contributed by atoms with E-state index >= 15 is 0 Å². The van der Waals surface area contributed by atoms with Gasteiger partial charge in [0.05, 0.1) is 53.6 Å². The second-order valence-electron chi connectivity index (χ2n) is 26.1. The maximum absolute atomic E-state index is 6.67. The number of fused-ring (bicyclic) bond motifs is 14. The first kappa shape index (κ1) is 60.8. The van der Waals surface area contributed by atoms with Gasteiger partial charge in [-0.2, -0.15) is 9.97 Å². The Kier molecular flexibility index (Phi) is 14.3. The predicted octanol–water partition coefficient (Wildman–Crippen LogP) is 24.3. The number of hydrogen-bond acceptors (Lipinski definition) is 12. The number of thiazole rings is 2. The van der Waals surface area contributed by atoms with Gasteiger partial charge in [0.2, 0.25) is 5.95 Å². The standard InChI is InChI=1S/2C46H27N5OS/c1-2-12-28(13-3-1)43-48-44(29-24-26-30(27-25-29)51-37-20-7-4-14-31(37)32-15-5-8-21-38(32)51)50-45(49-43)34-17-11-22-39-41(34)33-16-10-18-35(42(33)52-39)46-47-36-19-6-9-23-40(36)53-46;1-2-12-28(13-3-1)29-24-26-30(27-25-29)43-48-44(50-46(49-43)51-37-20-7-4-14-31(37)32-15-5-8-21-38(32)51)34-17-11-22-39-41(34)33-16-10-18-35(42(33)52-39)45-47-36-19-6-9-23-40(36)53-45/h2*1-27H. The van der Waals surface area contributed by atoms with Crippen LogP contribution in [0.2, 0.25) is 0 Å². The largest absolute Gasteiger partial charge is 0.455 e. The lowest BCUT2D eigenvalue weighted by atomic mass is 10.0. The van der Waals surface area contributed by atoms with Crippen molar-refractivity contribution < 1.29 is 8.83 Å². The van der Waals surface area contributed by atoms with Crippen molar-refractivity contribution in [1.29, 1.82) is 0 Å². The highest BCUT2D eigenvalue weighted by atomic mass is 32.1. The number of furan rings is 2. The minimum absolute atomic E-state index is 0.550. The molecule has 12 nitrogen and oxygen atoms in total. The zero-order chi connectivity index (χ0) is 69.8. The van der Waals surface area contributed by atoms with E-state index in [4.69, 9.17) is 48.7 Å². The molecule has 14 heteroatoms. The first-order chi connectivity index (χ1) is 52.5. The van der Waals surface area contributed by atoms with Crippen molar-refractivity contribution in [2.75, 3.05) is 0 Å². The molecule has 8 heterocycles. The van der Waals surface area contributed by atoms with E-state index < -0.39 is 0 Å². The van der Waals surface area contributed by atoms with Crippen molar-refractivity contribution in [3.05, 3.63) is 328 Å². The fourth-order valence-corrected chi connectivity index (χ4v) is 17.0. The molecule has 22 aromatic rings. The minimum Gasteiger partial charge on any atom is -0.455 e. The van der Waals surface area contributed by atoms with Crippen LogP contribution in [0.3, 0.4) is 0 Å². The minimum atomic E-state index is 0.550. The van der Waals surface area contributed by atoms with Gasteiger partial charge in [-0.15, -0.1) is 22.7 Å². The van der Waals surface area contributed by atoms with Crippen LogP contribution in [0.1, 0.15) is 0 Å². The van der Waals surface area contributed by atoms with Crippen molar-refractivity contribution in [2.45, 2.75) is 0 Å². The van der Waals surface area contributed by atoms with E-state index in [9.17, 15) is 0 Å². The average molecular weight is 1400 g/mol. The third-order valence-electron chi connectivity index (χ3n) is 19.9. The summed E-state index contributed by atoms with van der Waals surface area (Å²) in [5.41, 5.74) is 19.2. The molecule has 0 radical (unpaired) electrons. The van der Waals surface area contributed by atoms with E-state index in [1.807, 2.05) is 91.0 Å². The number of para-hydroxylation sites is 8. The summed E-state index contributed by atoms with van der Waals surface area (Å²) in [5.74, 6) is 3.50. The Hall–Kier alpha value is -13.9. The zero-order valence-electron chi connectivity index (χ0n) is 56.3. The van der Waals surface area contributed by atoms with Crippen LogP contribution in [-0.2, 0) is 0 Å². The Labute approximate surface area is 612 Å².